The molecule has 0 aliphatic carbocycles. The summed E-state index contributed by atoms with van der Waals surface area (Å²) in [5, 5.41) is 1.21. The summed E-state index contributed by atoms with van der Waals surface area (Å²) in [6.45, 7) is 0. The zero-order valence-electron chi connectivity index (χ0n) is 13.4. The van der Waals surface area contributed by atoms with Gasteiger partial charge in [-0.15, -0.1) is 11.8 Å². The van der Waals surface area contributed by atoms with Gasteiger partial charge in [0.15, 0.2) is 5.11 Å². The molecule has 2 saturated heterocycles. The Balaban J connectivity index is 1.65. The highest BCUT2D eigenvalue weighted by Crippen LogP contribution is 2.46. The van der Waals surface area contributed by atoms with Gasteiger partial charge in [0.25, 0.3) is 5.91 Å². The maximum Gasteiger partial charge on any atom is 0.257 e. The highest BCUT2D eigenvalue weighted by molar-refractivity contribution is 7.99. The number of nitrogens with zero attached hydrogens (tertiary/aromatic N) is 2. The molecule has 2 aliphatic heterocycles. The molecule has 0 aromatic heterocycles. The fraction of sp³-hybridized carbons (Fsp3) is 0.222. The number of carbonyl (C=O) groups excluding carboxylic acids is 1. The molecule has 0 N–H and O–H groups in total. The normalized spacial score (nSPS) is 22.5. The van der Waals surface area contributed by atoms with Crippen LogP contribution in [0.15, 0.2) is 48.5 Å². The average molecular weight is 391 g/mol. The number of fused-ring (bicyclic) bond motifs is 1. The number of thioether (sulfide) groups is 1. The van der Waals surface area contributed by atoms with Gasteiger partial charge in [0.2, 0.25) is 0 Å². The van der Waals surface area contributed by atoms with Crippen molar-refractivity contribution < 1.29 is 9.53 Å². The summed E-state index contributed by atoms with van der Waals surface area (Å²) in [5.74, 6) is 1.56. The van der Waals surface area contributed by atoms with E-state index in [1.165, 1.54) is 0 Å². The average Bonchev–Trinajstić information content (AvgIpc) is 3.17. The summed E-state index contributed by atoms with van der Waals surface area (Å²) in [7, 11) is 1.65. The van der Waals surface area contributed by atoms with Crippen molar-refractivity contribution in [2.75, 3.05) is 17.8 Å². The van der Waals surface area contributed by atoms with Crippen LogP contribution in [0, 0.1) is 0 Å². The summed E-state index contributed by atoms with van der Waals surface area (Å²) < 4.78 is 5.22. The van der Waals surface area contributed by atoms with Gasteiger partial charge in [0.1, 0.15) is 17.2 Å². The van der Waals surface area contributed by atoms with Gasteiger partial charge in [0, 0.05) is 10.8 Å². The molecule has 4 nitrogen and oxygen atoms in total. The molecule has 25 heavy (non-hydrogen) atoms. The molecule has 0 unspecified atom stereocenters. The minimum Gasteiger partial charge on any atom is -0.497 e. The lowest BCUT2D eigenvalue weighted by Gasteiger charge is -2.25. The predicted octanol–water partition coefficient (Wildman–Crippen LogP) is 4.10. The highest BCUT2D eigenvalue weighted by atomic mass is 35.5. The van der Waals surface area contributed by atoms with Gasteiger partial charge in [-0.1, -0.05) is 23.7 Å². The summed E-state index contributed by atoms with van der Waals surface area (Å²) in [5.41, 5.74) is 1.87. The first kappa shape index (κ1) is 16.7. The zero-order valence-corrected chi connectivity index (χ0v) is 15.8. The van der Waals surface area contributed by atoms with E-state index in [0.29, 0.717) is 10.1 Å². The van der Waals surface area contributed by atoms with E-state index in [9.17, 15) is 4.79 Å². The molecule has 2 aliphatic rings. The first-order valence-corrected chi connectivity index (χ1v) is 9.61. The van der Waals surface area contributed by atoms with Crippen LogP contribution in [-0.4, -0.2) is 34.8 Å². The van der Waals surface area contributed by atoms with Gasteiger partial charge in [-0.2, -0.15) is 0 Å². The van der Waals surface area contributed by atoms with Crippen LogP contribution in [0.4, 0.5) is 5.69 Å². The van der Waals surface area contributed by atoms with Crippen LogP contribution >= 0.6 is 35.6 Å². The number of benzene rings is 2. The van der Waals surface area contributed by atoms with Crippen LogP contribution in [0.3, 0.4) is 0 Å². The monoisotopic (exact) mass is 390 g/mol. The van der Waals surface area contributed by atoms with Gasteiger partial charge < -0.3 is 9.64 Å². The minimum atomic E-state index is -0.222. The van der Waals surface area contributed by atoms with Crippen molar-refractivity contribution in [2.24, 2.45) is 0 Å². The summed E-state index contributed by atoms with van der Waals surface area (Å²) >= 11 is 13.3. The Bertz CT molecular complexity index is 826. The molecule has 0 bridgehead atoms. The molecule has 0 spiro atoms. The van der Waals surface area contributed by atoms with Crippen molar-refractivity contribution in [1.29, 1.82) is 0 Å². The number of carbonyl (C=O) groups is 1. The van der Waals surface area contributed by atoms with E-state index in [0.717, 1.165) is 22.8 Å². The SMILES string of the molecule is COc1ccc([C@H]2SC[C@H]3C(=O)N(c4ccc(Cl)cc4)C(=S)N23)cc1. The molecule has 1 amide bonds. The van der Waals surface area contributed by atoms with E-state index in [1.54, 1.807) is 35.9 Å². The van der Waals surface area contributed by atoms with Crippen molar-refractivity contribution in [3.8, 4) is 5.75 Å². The van der Waals surface area contributed by atoms with Crippen LogP contribution in [0.25, 0.3) is 0 Å². The third kappa shape index (κ3) is 2.78. The quantitative estimate of drug-likeness (QED) is 0.737. The van der Waals surface area contributed by atoms with Gasteiger partial charge >= 0.3 is 0 Å². The number of halogens is 1. The second-order valence-electron chi connectivity index (χ2n) is 5.81. The molecule has 2 aromatic carbocycles. The predicted molar refractivity (Wildman–Crippen MR) is 105 cm³/mol. The highest BCUT2D eigenvalue weighted by Gasteiger charge is 2.50. The first-order chi connectivity index (χ1) is 12.1. The molecule has 2 heterocycles. The van der Waals surface area contributed by atoms with Crippen LogP contribution in [0.2, 0.25) is 5.02 Å². The Labute approximate surface area is 160 Å². The molecule has 2 fully saturated rings. The van der Waals surface area contributed by atoms with Crippen molar-refractivity contribution in [3.63, 3.8) is 0 Å². The molecule has 0 saturated carbocycles. The van der Waals surface area contributed by atoms with E-state index in [4.69, 9.17) is 28.6 Å². The number of hydrogen-bond donors (Lipinski definition) is 0. The second kappa shape index (κ2) is 6.52. The molecular weight excluding hydrogens is 376 g/mol. The van der Waals surface area contributed by atoms with Gasteiger partial charge in [-0.25, -0.2) is 0 Å². The van der Waals surface area contributed by atoms with E-state index < -0.39 is 0 Å². The van der Waals surface area contributed by atoms with E-state index in [1.807, 2.05) is 41.3 Å². The van der Waals surface area contributed by atoms with Crippen molar-refractivity contribution in [2.45, 2.75) is 11.4 Å². The van der Waals surface area contributed by atoms with Gasteiger partial charge in [-0.3, -0.25) is 9.69 Å². The molecule has 2 atom stereocenters. The van der Waals surface area contributed by atoms with Gasteiger partial charge in [-0.05, 0) is 54.2 Å². The topological polar surface area (TPSA) is 32.8 Å². The van der Waals surface area contributed by atoms with Crippen molar-refractivity contribution in [1.82, 2.24) is 4.90 Å². The fourth-order valence-electron chi connectivity index (χ4n) is 3.14. The Morgan fingerprint density at radius 1 is 1.16 bits per heavy atom. The van der Waals surface area contributed by atoms with Crippen LogP contribution in [0.5, 0.6) is 5.75 Å². The summed E-state index contributed by atoms with van der Waals surface area (Å²) in [6.07, 6.45) is 0. The third-order valence-corrected chi connectivity index (χ3v) is 6.37. The largest absolute Gasteiger partial charge is 0.497 e. The Morgan fingerprint density at radius 3 is 2.48 bits per heavy atom. The van der Waals surface area contributed by atoms with E-state index >= 15 is 0 Å². The maximum atomic E-state index is 12.9. The van der Waals surface area contributed by atoms with Crippen LogP contribution < -0.4 is 9.64 Å². The Morgan fingerprint density at radius 2 is 1.84 bits per heavy atom. The Kier molecular flexibility index (Phi) is 4.35. The molecule has 7 heteroatoms. The fourth-order valence-corrected chi connectivity index (χ4v) is 5.19. The minimum absolute atomic E-state index is 0.0239. The Hall–Kier alpha value is -1.76. The van der Waals surface area contributed by atoms with E-state index in [-0.39, 0.29) is 17.3 Å². The number of ether oxygens (including phenoxy) is 1. The number of rotatable bonds is 3. The van der Waals surface area contributed by atoms with Crippen molar-refractivity contribution >= 4 is 52.3 Å². The number of methoxy groups -OCH3 is 1. The standard InChI is InChI=1S/C18H15ClN2O2S2/c1-23-14-8-2-11(3-9-14)17-21-15(10-25-17)16(22)20(18(21)24)13-6-4-12(19)5-7-13/h2-9,15,17H,10H2,1H3/t15-,17+/m0/s1. The number of hydrogen-bond acceptors (Lipinski definition) is 4. The number of thiocarbonyl (C=S) groups is 1. The number of anilines is 1. The molecule has 0 radical (unpaired) electrons. The number of amides is 1. The third-order valence-electron chi connectivity index (χ3n) is 4.40. The molecular formula is C18H15ClN2O2S2. The summed E-state index contributed by atoms with van der Waals surface area (Å²) in [4.78, 5) is 16.5. The smallest absolute Gasteiger partial charge is 0.257 e. The molecule has 128 valence electrons. The molecule has 4 rings (SSSR count). The van der Waals surface area contributed by atoms with Crippen LogP contribution in [-0.2, 0) is 4.79 Å². The van der Waals surface area contributed by atoms with Crippen molar-refractivity contribution in [3.05, 3.63) is 59.1 Å². The summed E-state index contributed by atoms with van der Waals surface area (Å²) in [6, 6.07) is 14.9. The zero-order chi connectivity index (χ0) is 17.6. The first-order valence-electron chi connectivity index (χ1n) is 7.77. The van der Waals surface area contributed by atoms with Crippen LogP contribution in [0.1, 0.15) is 10.9 Å². The second-order valence-corrected chi connectivity index (χ2v) is 7.73. The lowest BCUT2D eigenvalue weighted by molar-refractivity contribution is -0.119. The van der Waals surface area contributed by atoms with Gasteiger partial charge in [0.05, 0.1) is 12.8 Å². The van der Waals surface area contributed by atoms with E-state index in [2.05, 4.69) is 0 Å². The lowest BCUT2D eigenvalue weighted by Crippen LogP contribution is -2.33. The maximum absolute atomic E-state index is 12.9. The molecule has 2 aromatic rings. The lowest BCUT2D eigenvalue weighted by atomic mass is 10.2.